The number of halogens is 1. The molecule has 0 aliphatic heterocycles. The van der Waals surface area contributed by atoms with Crippen LogP contribution in [0.5, 0.6) is 5.75 Å². The molecule has 0 bridgehead atoms. The fraction of sp³-hybridized carbons (Fsp3) is 0.375. The van der Waals surface area contributed by atoms with E-state index < -0.39 is 9.84 Å². The minimum Gasteiger partial charge on any atom is -0.494 e. The van der Waals surface area contributed by atoms with Crippen molar-refractivity contribution in [1.82, 2.24) is 4.98 Å². The van der Waals surface area contributed by atoms with Crippen molar-refractivity contribution in [2.24, 2.45) is 0 Å². The molecule has 0 aliphatic carbocycles. The number of hydrogen-bond donors (Lipinski definition) is 0. The Kier molecular flexibility index (Phi) is 3.49. The van der Waals surface area contributed by atoms with Crippen LogP contribution in [0.15, 0.2) is 21.8 Å². The number of nitrogens with zero attached hydrogens (tertiary/aromatic N) is 1. The molecule has 0 aromatic carbocycles. The molecular weight excluding hydrogens is 270 g/mol. The molecule has 0 atom stereocenters. The molecule has 0 amide bonds. The summed E-state index contributed by atoms with van der Waals surface area (Å²) in [5.41, 5.74) is 0. The van der Waals surface area contributed by atoms with E-state index in [4.69, 9.17) is 4.74 Å². The third kappa shape index (κ3) is 2.95. The van der Waals surface area contributed by atoms with Crippen molar-refractivity contribution >= 4 is 25.8 Å². The monoisotopic (exact) mass is 279 g/mol. The fourth-order valence-electron chi connectivity index (χ4n) is 0.891. The summed E-state index contributed by atoms with van der Waals surface area (Å²) >= 11 is 3.12. The summed E-state index contributed by atoms with van der Waals surface area (Å²) in [5, 5.41) is 0.00956. The molecule has 78 valence electrons. The number of pyridine rings is 1. The van der Waals surface area contributed by atoms with E-state index in [0.717, 1.165) is 6.26 Å². The third-order valence-electron chi connectivity index (χ3n) is 1.44. The zero-order valence-electron chi connectivity index (χ0n) is 7.82. The number of ether oxygens (including phenoxy) is 1. The van der Waals surface area contributed by atoms with Crippen LogP contribution in [0.4, 0.5) is 0 Å². The van der Waals surface area contributed by atoms with E-state index in [1.54, 1.807) is 6.07 Å². The molecule has 1 heterocycles. The number of aromatic nitrogens is 1. The summed E-state index contributed by atoms with van der Waals surface area (Å²) in [6.07, 6.45) is 1.11. The first-order valence-electron chi connectivity index (χ1n) is 3.94. The molecule has 14 heavy (non-hydrogen) atoms. The summed E-state index contributed by atoms with van der Waals surface area (Å²) in [5.74, 6) is 0.495. The third-order valence-corrected chi connectivity index (χ3v) is 2.81. The van der Waals surface area contributed by atoms with Gasteiger partial charge >= 0.3 is 0 Å². The van der Waals surface area contributed by atoms with Crippen molar-refractivity contribution in [3.05, 3.63) is 16.7 Å². The van der Waals surface area contributed by atoms with Crippen LogP contribution < -0.4 is 4.74 Å². The van der Waals surface area contributed by atoms with Gasteiger partial charge in [-0.2, -0.15) is 0 Å². The van der Waals surface area contributed by atoms with Crippen LogP contribution in [0.3, 0.4) is 0 Å². The molecule has 0 radical (unpaired) electrons. The van der Waals surface area contributed by atoms with Crippen molar-refractivity contribution in [3.8, 4) is 5.75 Å². The van der Waals surface area contributed by atoms with Crippen LogP contribution in [0.2, 0.25) is 0 Å². The van der Waals surface area contributed by atoms with Crippen LogP contribution in [0.25, 0.3) is 0 Å². The van der Waals surface area contributed by atoms with Gasteiger partial charge in [-0.15, -0.1) is 0 Å². The molecule has 0 N–H and O–H groups in total. The molecule has 1 aromatic heterocycles. The van der Waals surface area contributed by atoms with E-state index in [-0.39, 0.29) is 5.03 Å². The van der Waals surface area contributed by atoms with Gasteiger partial charge in [-0.05, 0) is 22.9 Å². The van der Waals surface area contributed by atoms with Gasteiger partial charge in [0.05, 0.1) is 6.61 Å². The smallest absolute Gasteiger partial charge is 0.192 e. The summed E-state index contributed by atoms with van der Waals surface area (Å²) in [7, 11) is -3.29. The molecule has 6 heteroatoms. The van der Waals surface area contributed by atoms with E-state index in [1.807, 2.05) is 6.92 Å². The molecule has 1 rings (SSSR count). The number of hydrogen-bond acceptors (Lipinski definition) is 4. The molecule has 0 unspecified atom stereocenters. The van der Waals surface area contributed by atoms with Gasteiger partial charge in [-0.25, -0.2) is 13.4 Å². The second kappa shape index (κ2) is 4.27. The Balaban J connectivity index is 3.21. The van der Waals surface area contributed by atoms with Crippen LogP contribution in [-0.2, 0) is 9.84 Å². The van der Waals surface area contributed by atoms with Gasteiger partial charge in [0, 0.05) is 18.4 Å². The predicted molar refractivity (Wildman–Crippen MR) is 56.2 cm³/mol. The molecule has 4 nitrogen and oxygen atoms in total. The van der Waals surface area contributed by atoms with Crippen LogP contribution >= 0.6 is 15.9 Å². The van der Waals surface area contributed by atoms with Gasteiger partial charge in [0.15, 0.2) is 14.9 Å². The highest BCUT2D eigenvalue weighted by molar-refractivity contribution is 9.10. The zero-order valence-corrected chi connectivity index (χ0v) is 10.2. The van der Waals surface area contributed by atoms with Crippen molar-refractivity contribution in [3.63, 3.8) is 0 Å². The predicted octanol–water partition coefficient (Wildman–Crippen LogP) is 1.65. The Morgan fingerprint density at radius 1 is 1.50 bits per heavy atom. The highest BCUT2D eigenvalue weighted by Crippen LogP contribution is 2.20. The van der Waals surface area contributed by atoms with E-state index in [9.17, 15) is 8.42 Å². The second-order valence-corrected chi connectivity index (χ2v) is 5.44. The Hall–Kier alpha value is -0.620. The molecule has 0 fully saturated rings. The fourth-order valence-corrected chi connectivity index (χ4v) is 2.02. The van der Waals surface area contributed by atoms with Crippen LogP contribution in [-0.4, -0.2) is 26.3 Å². The van der Waals surface area contributed by atoms with Crippen molar-refractivity contribution < 1.29 is 13.2 Å². The Morgan fingerprint density at radius 3 is 2.64 bits per heavy atom. The molecule has 0 spiro atoms. The van der Waals surface area contributed by atoms with Crippen LogP contribution in [0, 0.1) is 0 Å². The molecule has 0 saturated heterocycles. The number of sulfone groups is 1. The van der Waals surface area contributed by atoms with Gasteiger partial charge in [-0.3, -0.25) is 0 Å². The van der Waals surface area contributed by atoms with Gasteiger partial charge in [0.1, 0.15) is 10.4 Å². The topological polar surface area (TPSA) is 56.3 Å². The largest absolute Gasteiger partial charge is 0.494 e. The average Bonchev–Trinajstić information content (AvgIpc) is 2.02. The normalized spacial score (nSPS) is 11.4. The lowest BCUT2D eigenvalue weighted by Gasteiger charge is -2.05. The van der Waals surface area contributed by atoms with Crippen molar-refractivity contribution in [2.45, 2.75) is 11.9 Å². The summed E-state index contributed by atoms with van der Waals surface area (Å²) < 4.78 is 28.0. The average molecular weight is 280 g/mol. The lowest BCUT2D eigenvalue weighted by atomic mass is 10.4. The molecular formula is C8H10BrNO3S. The van der Waals surface area contributed by atoms with Crippen molar-refractivity contribution in [2.75, 3.05) is 12.9 Å². The van der Waals surface area contributed by atoms with Gasteiger partial charge in [0.2, 0.25) is 0 Å². The maximum absolute atomic E-state index is 11.2. The SMILES string of the molecule is CCOc1cc(Br)nc(S(C)(=O)=O)c1. The first kappa shape index (κ1) is 11.5. The first-order valence-corrected chi connectivity index (χ1v) is 6.62. The van der Waals surface area contributed by atoms with Crippen molar-refractivity contribution in [1.29, 1.82) is 0 Å². The Morgan fingerprint density at radius 2 is 2.14 bits per heavy atom. The minimum atomic E-state index is -3.29. The minimum absolute atomic E-state index is 0.00956. The molecule has 0 aliphatic rings. The maximum Gasteiger partial charge on any atom is 0.192 e. The molecule has 0 saturated carbocycles. The number of rotatable bonds is 3. The lowest BCUT2D eigenvalue weighted by molar-refractivity contribution is 0.338. The van der Waals surface area contributed by atoms with Gasteiger partial charge in [0.25, 0.3) is 0 Å². The van der Waals surface area contributed by atoms with Crippen LogP contribution in [0.1, 0.15) is 6.92 Å². The quantitative estimate of drug-likeness (QED) is 0.790. The first-order chi connectivity index (χ1) is 6.43. The van der Waals surface area contributed by atoms with E-state index >= 15 is 0 Å². The van der Waals surface area contributed by atoms with E-state index in [2.05, 4.69) is 20.9 Å². The van der Waals surface area contributed by atoms with Gasteiger partial charge < -0.3 is 4.74 Å². The Bertz CT molecular complexity index is 430. The lowest BCUT2D eigenvalue weighted by Crippen LogP contribution is -2.02. The molecule has 1 aromatic rings. The van der Waals surface area contributed by atoms with E-state index in [0.29, 0.717) is 17.0 Å². The van der Waals surface area contributed by atoms with E-state index in [1.165, 1.54) is 6.07 Å². The summed E-state index contributed by atoms with van der Waals surface area (Å²) in [6.45, 7) is 2.31. The summed E-state index contributed by atoms with van der Waals surface area (Å²) in [4.78, 5) is 3.84. The highest BCUT2D eigenvalue weighted by atomic mass is 79.9. The highest BCUT2D eigenvalue weighted by Gasteiger charge is 2.11. The standard InChI is InChI=1S/C8H10BrNO3S/c1-3-13-6-4-7(9)10-8(5-6)14(2,11)12/h4-5H,3H2,1-2H3. The van der Waals surface area contributed by atoms with Gasteiger partial charge in [-0.1, -0.05) is 0 Å². The zero-order chi connectivity index (χ0) is 10.8. The summed E-state index contributed by atoms with van der Waals surface area (Å²) in [6, 6.07) is 3.03. The Labute approximate surface area is 91.4 Å². The second-order valence-electron chi connectivity index (χ2n) is 2.67. The maximum atomic E-state index is 11.2.